The minimum Gasteiger partial charge on any atom is -0.0622 e. The van der Waals surface area contributed by atoms with Gasteiger partial charge in [-0.15, -0.1) is 0 Å². The lowest BCUT2D eigenvalue weighted by atomic mass is 9.95. The van der Waals surface area contributed by atoms with Crippen LogP contribution in [0.15, 0.2) is 48.5 Å². The number of hydrogen-bond donors (Lipinski definition) is 0. The molecule has 0 fully saturated rings. The molecule has 0 nitrogen and oxygen atoms in total. The molecule has 86 valence electrons. The zero-order valence-corrected chi connectivity index (χ0v) is 10.7. The normalized spacial score (nSPS) is 11.6. The van der Waals surface area contributed by atoms with Crippen molar-refractivity contribution in [1.82, 2.24) is 0 Å². The van der Waals surface area contributed by atoms with Crippen LogP contribution in [0.2, 0.25) is 0 Å². The summed E-state index contributed by atoms with van der Waals surface area (Å²) in [6.45, 7) is 6.53. The van der Waals surface area contributed by atoms with E-state index in [1.54, 1.807) is 0 Å². The van der Waals surface area contributed by atoms with Crippen molar-refractivity contribution in [3.8, 4) is 0 Å². The number of aryl methyl sites for hydroxylation is 2. The lowest BCUT2D eigenvalue weighted by molar-refractivity contribution is 1.33. The van der Waals surface area contributed by atoms with Gasteiger partial charge in [0, 0.05) is 0 Å². The lowest BCUT2D eigenvalue weighted by Gasteiger charge is -2.10. The minimum absolute atomic E-state index is 1.26. The van der Waals surface area contributed by atoms with Gasteiger partial charge in [0.1, 0.15) is 0 Å². The average molecular weight is 222 g/mol. The highest BCUT2D eigenvalue weighted by atomic mass is 14.1. The summed E-state index contributed by atoms with van der Waals surface area (Å²) in [4.78, 5) is 0. The van der Waals surface area contributed by atoms with Gasteiger partial charge in [0.15, 0.2) is 0 Å². The van der Waals surface area contributed by atoms with Crippen LogP contribution < -0.4 is 0 Å². The van der Waals surface area contributed by atoms with E-state index in [2.05, 4.69) is 69.3 Å². The molecule has 0 heterocycles. The first-order valence-corrected chi connectivity index (χ1v) is 5.98. The maximum Gasteiger partial charge on any atom is -0.0169 e. The summed E-state index contributed by atoms with van der Waals surface area (Å²) in [7, 11) is 0. The van der Waals surface area contributed by atoms with E-state index in [0.29, 0.717) is 0 Å². The molecule has 0 unspecified atom stereocenters. The monoisotopic (exact) mass is 222 g/mol. The molecule has 0 aliphatic rings. The number of hydrogen-bond acceptors (Lipinski definition) is 0. The Morgan fingerprint density at radius 3 is 2.00 bits per heavy atom. The Balaban J connectivity index is 2.44. The van der Waals surface area contributed by atoms with E-state index < -0.39 is 0 Å². The van der Waals surface area contributed by atoms with Crippen LogP contribution in [0, 0.1) is 13.8 Å². The Morgan fingerprint density at radius 2 is 1.41 bits per heavy atom. The third-order valence-corrected chi connectivity index (χ3v) is 3.06. The maximum atomic E-state index is 2.25. The first kappa shape index (κ1) is 11.7. The molecule has 0 N–H and O–H groups in total. The molecular formula is C17H18. The number of allylic oxidation sites excluding steroid dienone is 1. The smallest absolute Gasteiger partial charge is 0.0169 e. The Kier molecular flexibility index (Phi) is 3.43. The highest BCUT2D eigenvalue weighted by Crippen LogP contribution is 2.24. The van der Waals surface area contributed by atoms with Gasteiger partial charge in [-0.3, -0.25) is 0 Å². The molecule has 0 radical (unpaired) electrons. The van der Waals surface area contributed by atoms with E-state index in [1.165, 1.54) is 27.8 Å². The number of rotatable bonds is 2. The quantitative estimate of drug-likeness (QED) is 0.636. The average Bonchev–Trinajstić information content (AvgIpc) is 2.30. The third kappa shape index (κ3) is 2.65. The highest BCUT2D eigenvalue weighted by molar-refractivity contribution is 5.82. The Bertz CT molecular complexity index is 513. The molecule has 0 bridgehead atoms. The van der Waals surface area contributed by atoms with Crippen molar-refractivity contribution < 1.29 is 0 Å². The van der Waals surface area contributed by atoms with Crippen LogP contribution in [0.5, 0.6) is 0 Å². The molecule has 2 aromatic rings. The Morgan fingerprint density at radius 1 is 0.824 bits per heavy atom. The van der Waals surface area contributed by atoms with E-state index in [9.17, 15) is 0 Å². The van der Waals surface area contributed by atoms with Crippen molar-refractivity contribution in [2.75, 3.05) is 0 Å². The summed E-state index contributed by atoms with van der Waals surface area (Å²) in [5, 5.41) is 0. The molecule has 0 spiro atoms. The SMILES string of the molecule is CC(=Cc1ccccc1)c1c(C)cccc1C. The second-order valence-corrected chi connectivity index (χ2v) is 4.50. The van der Waals surface area contributed by atoms with Crippen molar-refractivity contribution in [1.29, 1.82) is 0 Å². The molecule has 2 aromatic carbocycles. The van der Waals surface area contributed by atoms with Gasteiger partial charge in [0.25, 0.3) is 0 Å². The molecular weight excluding hydrogens is 204 g/mol. The largest absolute Gasteiger partial charge is 0.0622 e. The highest BCUT2D eigenvalue weighted by Gasteiger charge is 2.03. The summed E-state index contributed by atoms with van der Waals surface area (Å²) in [6.07, 6.45) is 2.25. The van der Waals surface area contributed by atoms with Crippen LogP contribution in [0.25, 0.3) is 11.6 Å². The van der Waals surface area contributed by atoms with Gasteiger partial charge in [-0.2, -0.15) is 0 Å². The summed E-state index contributed by atoms with van der Waals surface area (Å²) in [5.41, 5.74) is 6.64. The second-order valence-electron chi connectivity index (χ2n) is 4.50. The topological polar surface area (TPSA) is 0 Å². The second kappa shape index (κ2) is 5.01. The minimum atomic E-state index is 1.26. The van der Waals surface area contributed by atoms with E-state index in [0.717, 1.165) is 0 Å². The van der Waals surface area contributed by atoms with E-state index in [-0.39, 0.29) is 0 Å². The Labute approximate surface area is 104 Å². The molecule has 0 saturated heterocycles. The van der Waals surface area contributed by atoms with Crippen LogP contribution in [0.4, 0.5) is 0 Å². The van der Waals surface area contributed by atoms with E-state index >= 15 is 0 Å². The van der Waals surface area contributed by atoms with Gasteiger partial charge in [-0.05, 0) is 48.6 Å². The first-order valence-electron chi connectivity index (χ1n) is 5.98. The summed E-state index contributed by atoms with van der Waals surface area (Å²) < 4.78 is 0. The molecule has 0 amide bonds. The van der Waals surface area contributed by atoms with Crippen molar-refractivity contribution in [3.63, 3.8) is 0 Å². The first-order chi connectivity index (χ1) is 8.18. The molecule has 17 heavy (non-hydrogen) atoms. The number of benzene rings is 2. The van der Waals surface area contributed by atoms with E-state index in [4.69, 9.17) is 0 Å². The molecule has 0 heteroatoms. The Hall–Kier alpha value is -1.82. The fraction of sp³-hybridized carbons (Fsp3) is 0.176. The molecule has 0 saturated carbocycles. The van der Waals surface area contributed by atoms with Crippen LogP contribution in [-0.4, -0.2) is 0 Å². The van der Waals surface area contributed by atoms with Gasteiger partial charge >= 0.3 is 0 Å². The third-order valence-electron chi connectivity index (χ3n) is 3.06. The summed E-state index contributed by atoms with van der Waals surface area (Å²) in [6, 6.07) is 16.9. The molecule has 0 aliphatic heterocycles. The van der Waals surface area contributed by atoms with Gasteiger partial charge in [0.2, 0.25) is 0 Å². The molecule has 0 aliphatic carbocycles. The lowest BCUT2D eigenvalue weighted by Crippen LogP contribution is -1.90. The van der Waals surface area contributed by atoms with Gasteiger partial charge in [-0.1, -0.05) is 54.6 Å². The van der Waals surface area contributed by atoms with Crippen molar-refractivity contribution in [2.45, 2.75) is 20.8 Å². The predicted molar refractivity (Wildman–Crippen MR) is 75.9 cm³/mol. The predicted octanol–water partition coefficient (Wildman–Crippen LogP) is 4.86. The van der Waals surface area contributed by atoms with Crippen molar-refractivity contribution in [3.05, 3.63) is 70.8 Å². The van der Waals surface area contributed by atoms with Crippen LogP contribution in [-0.2, 0) is 0 Å². The van der Waals surface area contributed by atoms with Gasteiger partial charge in [-0.25, -0.2) is 0 Å². The fourth-order valence-electron chi connectivity index (χ4n) is 2.31. The summed E-state index contributed by atoms with van der Waals surface area (Å²) >= 11 is 0. The maximum absolute atomic E-state index is 2.25. The standard InChI is InChI=1S/C17H18/c1-13-8-7-9-14(2)17(13)15(3)12-16-10-5-4-6-11-16/h4-12H,1-3H3. The van der Waals surface area contributed by atoms with Crippen LogP contribution >= 0.6 is 0 Å². The van der Waals surface area contributed by atoms with Crippen molar-refractivity contribution >= 4 is 11.6 Å². The summed E-state index contributed by atoms with van der Waals surface area (Å²) in [5.74, 6) is 0. The van der Waals surface area contributed by atoms with Crippen LogP contribution in [0.3, 0.4) is 0 Å². The van der Waals surface area contributed by atoms with Crippen LogP contribution in [0.1, 0.15) is 29.2 Å². The molecule has 0 aromatic heterocycles. The molecule has 2 rings (SSSR count). The van der Waals surface area contributed by atoms with Crippen molar-refractivity contribution in [2.24, 2.45) is 0 Å². The van der Waals surface area contributed by atoms with Gasteiger partial charge in [0.05, 0.1) is 0 Å². The zero-order valence-electron chi connectivity index (χ0n) is 10.7. The zero-order chi connectivity index (χ0) is 12.3. The fourth-order valence-corrected chi connectivity index (χ4v) is 2.31. The molecule has 0 atom stereocenters. The van der Waals surface area contributed by atoms with Gasteiger partial charge < -0.3 is 0 Å². The van der Waals surface area contributed by atoms with E-state index in [1.807, 2.05) is 6.07 Å².